The number of benzene rings is 1. The van der Waals surface area contributed by atoms with E-state index in [1.807, 2.05) is 12.1 Å². The van der Waals surface area contributed by atoms with Gasteiger partial charge in [0.2, 0.25) is 0 Å². The Morgan fingerprint density at radius 3 is 2.26 bits per heavy atom. The Morgan fingerprint density at radius 2 is 1.56 bits per heavy atom. The zero-order valence-electron chi connectivity index (χ0n) is 25.8. The first-order valence-corrected chi connectivity index (χ1v) is 17.8. The van der Waals surface area contributed by atoms with Crippen molar-refractivity contribution in [1.29, 1.82) is 0 Å². The molecule has 9 atom stereocenters. The van der Waals surface area contributed by atoms with Gasteiger partial charge >= 0.3 is 0 Å². The van der Waals surface area contributed by atoms with Gasteiger partial charge in [0.05, 0.1) is 12.0 Å². The maximum Gasteiger partial charge on any atom is 0.296 e. The third-order valence-corrected chi connectivity index (χ3v) is 14.2. The SMILES string of the molecule is COS(=O)(=O)c1ccc(CC2CCC3(C)C(CCC4C3CCC3(C)C(C(C)CCCC(C)C)CCC43)C2)cc1. The maximum atomic E-state index is 12.0. The molecule has 9 unspecified atom stereocenters. The molecule has 39 heavy (non-hydrogen) atoms. The molecule has 1 aromatic rings. The fraction of sp³-hybridized carbons (Fsp3) is 0.829. The second-order valence-electron chi connectivity index (χ2n) is 15.3. The second kappa shape index (κ2) is 11.4. The van der Waals surface area contributed by atoms with Gasteiger partial charge in [-0.15, -0.1) is 0 Å². The van der Waals surface area contributed by atoms with Crippen molar-refractivity contribution < 1.29 is 12.6 Å². The van der Waals surface area contributed by atoms with Gasteiger partial charge in [0.25, 0.3) is 10.1 Å². The Kier molecular flexibility index (Phi) is 8.68. The van der Waals surface area contributed by atoms with Gasteiger partial charge in [-0.25, -0.2) is 0 Å². The summed E-state index contributed by atoms with van der Waals surface area (Å²) in [7, 11) is -2.38. The van der Waals surface area contributed by atoms with Crippen molar-refractivity contribution in [1.82, 2.24) is 0 Å². The lowest BCUT2D eigenvalue weighted by Gasteiger charge is -2.61. The molecule has 0 radical (unpaired) electrons. The molecule has 5 rings (SSSR count). The van der Waals surface area contributed by atoms with Gasteiger partial charge in [0, 0.05) is 0 Å². The van der Waals surface area contributed by atoms with E-state index in [1.165, 1.54) is 89.7 Å². The van der Waals surface area contributed by atoms with Crippen LogP contribution in [0.2, 0.25) is 0 Å². The molecule has 4 fully saturated rings. The van der Waals surface area contributed by atoms with Gasteiger partial charge in [0.1, 0.15) is 0 Å². The fourth-order valence-corrected chi connectivity index (χ4v) is 11.4. The molecule has 0 heterocycles. The van der Waals surface area contributed by atoms with Crippen molar-refractivity contribution in [3.05, 3.63) is 29.8 Å². The topological polar surface area (TPSA) is 43.4 Å². The predicted octanol–water partition coefficient (Wildman–Crippen LogP) is 9.30. The lowest BCUT2D eigenvalue weighted by atomic mass is 9.44. The molecular formula is C35H56O3S. The van der Waals surface area contributed by atoms with E-state index < -0.39 is 10.1 Å². The van der Waals surface area contributed by atoms with Gasteiger partial charge in [-0.2, -0.15) is 8.42 Å². The summed E-state index contributed by atoms with van der Waals surface area (Å²) < 4.78 is 28.7. The highest BCUT2D eigenvalue weighted by molar-refractivity contribution is 7.86. The van der Waals surface area contributed by atoms with Crippen molar-refractivity contribution in [2.24, 2.45) is 58.2 Å². The quantitative estimate of drug-likeness (QED) is 0.285. The lowest BCUT2D eigenvalue weighted by molar-refractivity contribution is -0.121. The van der Waals surface area contributed by atoms with E-state index >= 15 is 0 Å². The van der Waals surface area contributed by atoms with Crippen LogP contribution < -0.4 is 0 Å². The van der Waals surface area contributed by atoms with E-state index in [4.69, 9.17) is 0 Å². The van der Waals surface area contributed by atoms with Crippen LogP contribution in [0.4, 0.5) is 0 Å². The molecule has 4 saturated carbocycles. The van der Waals surface area contributed by atoms with Crippen LogP contribution >= 0.6 is 0 Å². The molecule has 0 saturated heterocycles. The van der Waals surface area contributed by atoms with Crippen molar-refractivity contribution >= 4 is 10.1 Å². The molecule has 0 bridgehead atoms. The van der Waals surface area contributed by atoms with Crippen LogP contribution in [0, 0.1) is 58.2 Å². The summed E-state index contributed by atoms with van der Waals surface area (Å²) in [4.78, 5) is 0.256. The van der Waals surface area contributed by atoms with E-state index in [-0.39, 0.29) is 4.90 Å². The second-order valence-corrected chi connectivity index (χ2v) is 17.0. The van der Waals surface area contributed by atoms with Crippen LogP contribution in [0.1, 0.15) is 117 Å². The minimum Gasteiger partial charge on any atom is -0.270 e. The highest BCUT2D eigenvalue weighted by atomic mass is 32.2. The van der Waals surface area contributed by atoms with Crippen LogP contribution in [0.3, 0.4) is 0 Å². The molecule has 0 amide bonds. The van der Waals surface area contributed by atoms with E-state index in [9.17, 15) is 8.42 Å². The first-order chi connectivity index (χ1) is 18.5. The molecule has 220 valence electrons. The van der Waals surface area contributed by atoms with E-state index in [2.05, 4.69) is 38.8 Å². The molecular weight excluding hydrogens is 500 g/mol. The third kappa shape index (κ3) is 5.64. The minimum atomic E-state index is -3.61. The molecule has 0 N–H and O–H groups in total. The Labute approximate surface area is 240 Å². The van der Waals surface area contributed by atoms with Gasteiger partial charge in [-0.05, 0) is 140 Å². The third-order valence-electron chi connectivity index (χ3n) is 12.9. The summed E-state index contributed by atoms with van der Waals surface area (Å²) in [5, 5.41) is 0. The predicted molar refractivity (Wildman–Crippen MR) is 161 cm³/mol. The average Bonchev–Trinajstić information content (AvgIpc) is 3.26. The zero-order chi connectivity index (χ0) is 28.0. The molecule has 4 aliphatic rings. The van der Waals surface area contributed by atoms with Gasteiger partial charge in [0.15, 0.2) is 0 Å². The minimum absolute atomic E-state index is 0.256. The Morgan fingerprint density at radius 1 is 0.872 bits per heavy atom. The molecule has 4 aliphatic carbocycles. The van der Waals surface area contributed by atoms with E-state index in [1.54, 1.807) is 12.1 Å². The summed E-state index contributed by atoms with van der Waals surface area (Å²) >= 11 is 0. The summed E-state index contributed by atoms with van der Waals surface area (Å²) in [5.74, 6) is 7.12. The Hall–Kier alpha value is -0.870. The average molecular weight is 557 g/mol. The van der Waals surface area contributed by atoms with E-state index in [0.717, 1.165) is 53.8 Å². The van der Waals surface area contributed by atoms with Crippen molar-refractivity contribution in [2.75, 3.05) is 7.11 Å². The van der Waals surface area contributed by atoms with Crippen LogP contribution in [-0.4, -0.2) is 15.5 Å². The molecule has 3 nitrogen and oxygen atoms in total. The highest BCUT2D eigenvalue weighted by Gasteiger charge is 2.60. The number of hydrogen-bond acceptors (Lipinski definition) is 3. The summed E-state index contributed by atoms with van der Waals surface area (Å²) in [5.41, 5.74) is 2.37. The highest BCUT2D eigenvalue weighted by Crippen LogP contribution is 2.68. The molecule has 1 aromatic carbocycles. The summed E-state index contributed by atoms with van der Waals surface area (Å²) in [6.45, 7) is 12.8. The Balaban J connectivity index is 1.21. The molecule has 0 spiro atoms. The molecule has 0 aliphatic heterocycles. The maximum absolute atomic E-state index is 12.0. The van der Waals surface area contributed by atoms with Gasteiger partial charge in [-0.1, -0.05) is 66.0 Å². The number of fused-ring (bicyclic) bond motifs is 5. The van der Waals surface area contributed by atoms with Crippen molar-refractivity contribution in [3.8, 4) is 0 Å². The first-order valence-electron chi connectivity index (χ1n) is 16.4. The van der Waals surface area contributed by atoms with Crippen molar-refractivity contribution in [3.63, 3.8) is 0 Å². The molecule has 4 heteroatoms. The Bertz CT molecular complexity index is 1080. The first kappa shape index (κ1) is 29.6. The number of rotatable bonds is 9. The van der Waals surface area contributed by atoms with E-state index in [0.29, 0.717) is 10.8 Å². The largest absolute Gasteiger partial charge is 0.296 e. The monoisotopic (exact) mass is 556 g/mol. The van der Waals surface area contributed by atoms with Gasteiger partial charge < -0.3 is 0 Å². The van der Waals surface area contributed by atoms with Crippen LogP contribution in [0.5, 0.6) is 0 Å². The summed E-state index contributed by atoms with van der Waals surface area (Å²) in [6, 6.07) is 7.43. The number of hydrogen-bond donors (Lipinski definition) is 0. The molecule has 0 aromatic heterocycles. The van der Waals surface area contributed by atoms with Crippen LogP contribution in [0.15, 0.2) is 29.2 Å². The van der Waals surface area contributed by atoms with Gasteiger partial charge in [-0.3, -0.25) is 4.18 Å². The van der Waals surface area contributed by atoms with Crippen LogP contribution in [-0.2, 0) is 20.7 Å². The lowest BCUT2D eigenvalue weighted by Crippen LogP contribution is -2.53. The van der Waals surface area contributed by atoms with Crippen molar-refractivity contribution in [2.45, 2.75) is 123 Å². The summed E-state index contributed by atoms with van der Waals surface area (Å²) in [6.07, 6.45) is 18.2. The smallest absolute Gasteiger partial charge is 0.270 e. The standard InChI is InChI=1S/C35H56O3S/c1-24(2)8-7-9-25(3)31-16-17-32-30-15-12-28-23-27(18-20-34(28,4)33(30)19-21-35(31,32)5)22-26-10-13-29(14-11-26)39(36,37)38-6/h10-11,13-14,24-25,27-28,30-33H,7-9,12,15-23H2,1-6H3. The fourth-order valence-electron chi connectivity index (χ4n) is 10.8. The van der Waals surface area contributed by atoms with Crippen LogP contribution in [0.25, 0.3) is 0 Å². The normalized spacial score (nSPS) is 39.2. The zero-order valence-corrected chi connectivity index (χ0v) is 26.6.